The van der Waals surface area contributed by atoms with Gasteiger partial charge in [0, 0.05) is 11.8 Å². The van der Waals surface area contributed by atoms with Gasteiger partial charge in [0.25, 0.3) is 5.56 Å². The summed E-state index contributed by atoms with van der Waals surface area (Å²) in [7, 11) is 0. The molecule has 0 unspecified atom stereocenters. The van der Waals surface area contributed by atoms with Gasteiger partial charge in [0.2, 0.25) is 0 Å². The van der Waals surface area contributed by atoms with E-state index in [1.54, 1.807) is 6.92 Å². The molecule has 0 aliphatic carbocycles. The minimum atomic E-state index is -0.101. The van der Waals surface area contributed by atoms with Crippen molar-refractivity contribution in [3.05, 3.63) is 28.4 Å². The third kappa shape index (κ3) is 1.68. The van der Waals surface area contributed by atoms with Crippen LogP contribution >= 0.6 is 0 Å². The molecule has 0 aliphatic heterocycles. The van der Waals surface area contributed by atoms with Gasteiger partial charge in [-0.3, -0.25) is 9.36 Å². The maximum atomic E-state index is 11.1. The van der Waals surface area contributed by atoms with E-state index in [1.807, 2.05) is 0 Å². The molecule has 0 spiro atoms. The monoisotopic (exact) mass is 148 g/mol. The van der Waals surface area contributed by atoms with E-state index in [-0.39, 0.29) is 12.1 Å². The normalized spacial score (nSPS) is 9.09. The van der Waals surface area contributed by atoms with Crippen LogP contribution in [-0.2, 0) is 6.54 Å². The highest BCUT2D eigenvalue weighted by molar-refractivity contribution is 4.98. The Morgan fingerprint density at radius 1 is 1.82 bits per heavy atom. The molecule has 0 saturated heterocycles. The summed E-state index contributed by atoms with van der Waals surface area (Å²) in [5, 5.41) is 0. The lowest BCUT2D eigenvalue weighted by Gasteiger charge is -1.97. The first-order valence-electron chi connectivity index (χ1n) is 3.20. The highest BCUT2D eigenvalue weighted by Crippen LogP contribution is 1.83. The molecule has 11 heavy (non-hydrogen) atoms. The molecule has 0 atom stereocenters. The Kier molecular flexibility index (Phi) is 2.07. The predicted molar refractivity (Wildman–Crippen MR) is 42.1 cm³/mol. The lowest BCUT2D eigenvalue weighted by Crippen LogP contribution is -2.19. The Morgan fingerprint density at radius 3 is 3.09 bits per heavy atom. The first-order valence-corrected chi connectivity index (χ1v) is 3.20. The van der Waals surface area contributed by atoms with Crippen molar-refractivity contribution < 1.29 is 0 Å². The molecule has 0 N–H and O–H groups in total. The standard InChI is InChI=1S/C8H8N2O/c1-3-4-10-6-9-7(2)5-8(10)11/h1,5-6H,4H2,2H3. The van der Waals surface area contributed by atoms with Crippen molar-refractivity contribution in [2.75, 3.05) is 0 Å². The molecule has 0 fully saturated rings. The smallest absolute Gasteiger partial charge is 0.254 e. The third-order valence-electron chi connectivity index (χ3n) is 1.28. The van der Waals surface area contributed by atoms with Gasteiger partial charge in [-0.25, -0.2) is 4.98 Å². The van der Waals surface area contributed by atoms with Crippen molar-refractivity contribution >= 4 is 0 Å². The summed E-state index contributed by atoms with van der Waals surface area (Å²) in [4.78, 5) is 15.0. The summed E-state index contributed by atoms with van der Waals surface area (Å²) >= 11 is 0. The zero-order valence-electron chi connectivity index (χ0n) is 6.24. The van der Waals surface area contributed by atoms with Crippen LogP contribution in [-0.4, -0.2) is 9.55 Å². The van der Waals surface area contributed by atoms with Gasteiger partial charge in [-0.05, 0) is 6.92 Å². The van der Waals surface area contributed by atoms with Crippen LogP contribution in [0.3, 0.4) is 0 Å². The first kappa shape index (κ1) is 7.55. The maximum absolute atomic E-state index is 11.1. The molecule has 1 rings (SSSR count). The molecule has 1 aromatic heterocycles. The molecular weight excluding hydrogens is 140 g/mol. The van der Waals surface area contributed by atoms with Crippen LogP contribution in [0.5, 0.6) is 0 Å². The van der Waals surface area contributed by atoms with Gasteiger partial charge < -0.3 is 0 Å². The zero-order valence-corrected chi connectivity index (χ0v) is 6.24. The topological polar surface area (TPSA) is 34.9 Å². The fourth-order valence-corrected chi connectivity index (χ4v) is 0.734. The van der Waals surface area contributed by atoms with Crippen molar-refractivity contribution in [2.45, 2.75) is 13.5 Å². The zero-order chi connectivity index (χ0) is 8.27. The van der Waals surface area contributed by atoms with Gasteiger partial charge in [-0.15, -0.1) is 6.42 Å². The van der Waals surface area contributed by atoms with E-state index >= 15 is 0 Å². The number of nitrogens with zero attached hydrogens (tertiary/aromatic N) is 2. The van der Waals surface area contributed by atoms with Crippen LogP contribution in [0.2, 0.25) is 0 Å². The minimum absolute atomic E-state index is 0.101. The summed E-state index contributed by atoms with van der Waals surface area (Å²) in [6, 6.07) is 1.46. The Balaban J connectivity index is 3.12. The summed E-state index contributed by atoms with van der Waals surface area (Å²) < 4.78 is 1.38. The van der Waals surface area contributed by atoms with Gasteiger partial charge >= 0.3 is 0 Å². The first-order chi connectivity index (χ1) is 5.24. The highest BCUT2D eigenvalue weighted by atomic mass is 16.1. The fraction of sp³-hybridized carbons (Fsp3) is 0.250. The highest BCUT2D eigenvalue weighted by Gasteiger charge is 1.92. The Hall–Kier alpha value is -1.56. The molecule has 0 aliphatic rings. The Bertz CT molecular complexity index is 346. The van der Waals surface area contributed by atoms with E-state index < -0.39 is 0 Å². The molecule has 1 aromatic rings. The summed E-state index contributed by atoms with van der Waals surface area (Å²) in [6.45, 7) is 2.05. The molecule has 3 nitrogen and oxygen atoms in total. The van der Waals surface area contributed by atoms with Crippen molar-refractivity contribution in [1.82, 2.24) is 9.55 Å². The average Bonchev–Trinajstić information content (AvgIpc) is 1.95. The molecule has 1 heterocycles. The van der Waals surface area contributed by atoms with Crippen LogP contribution in [0.4, 0.5) is 0 Å². The lowest BCUT2D eigenvalue weighted by atomic mass is 10.4. The molecule has 3 heteroatoms. The fourth-order valence-electron chi connectivity index (χ4n) is 0.734. The van der Waals surface area contributed by atoms with Gasteiger partial charge in [-0.1, -0.05) is 5.92 Å². The van der Waals surface area contributed by atoms with Crippen LogP contribution in [0.1, 0.15) is 5.69 Å². The van der Waals surface area contributed by atoms with E-state index in [0.29, 0.717) is 5.69 Å². The molecule has 0 saturated carbocycles. The SMILES string of the molecule is C#CCn1cnc(C)cc1=O. The van der Waals surface area contributed by atoms with Crippen molar-refractivity contribution in [3.63, 3.8) is 0 Å². The largest absolute Gasteiger partial charge is 0.287 e. The van der Waals surface area contributed by atoms with Gasteiger partial charge in [0.1, 0.15) is 0 Å². The number of terminal acetylenes is 1. The van der Waals surface area contributed by atoms with Crippen LogP contribution < -0.4 is 5.56 Å². The second kappa shape index (κ2) is 3.02. The summed E-state index contributed by atoms with van der Waals surface area (Å²) in [6.07, 6.45) is 6.49. The second-order valence-corrected chi connectivity index (χ2v) is 2.20. The number of hydrogen-bond donors (Lipinski definition) is 0. The lowest BCUT2D eigenvalue weighted by molar-refractivity contribution is 0.761. The van der Waals surface area contributed by atoms with E-state index in [2.05, 4.69) is 10.9 Å². The Morgan fingerprint density at radius 2 is 2.55 bits per heavy atom. The molecule has 0 aromatic carbocycles. The Labute approximate surface area is 64.7 Å². The van der Waals surface area contributed by atoms with E-state index in [1.165, 1.54) is 17.0 Å². The van der Waals surface area contributed by atoms with Crippen LogP contribution in [0, 0.1) is 19.3 Å². The number of aryl methyl sites for hydroxylation is 1. The van der Waals surface area contributed by atoms with E-state index in [9.17, 15) is 4.79 Å². The van der Waals surface area contributed by atoms with Crippen LogP contribution in [0.25, 0.3) is 0 Å². The number of hydrogen-bond acceptors (Lipinski definition) is 2. The maximum Gasteiger partial charge on any atom is 0.254 e. The molecule has 0 bridgehead atoms. The molecule has 56 valence electrons. The minimum Gasteiger partial charge on any atom is -0.287 e. The van der Waals surface area contributed by atoms with E-state index in [0.717, 1.165) is 0 Å². The average molecular weight is 148 g/mol. The van der Waals surface area contributed by atoms with Crippen molar-refractivity contribution in [1.29, 1.82) is 0 Å². The molecule has 0 amide bonds. The quantitative estimate of drug-likeness (QED) is 0.533. The number of rotatable bonds is 1. The predicted octanol–water partition coefficient (Wildman–Crippen LogP) is 0.185. The van der Waals surface area contributed by atoms with Gasteiger partial charge in [-0.2, -0.15) is 0 Å². The van der Waals surface area contributed by atoms with E-state index in [4.69, 9.17) is 6.42 Å². The van der Waals surface area contributed by atoms with Crippen molar-refractivity contribution in [2.24, 2.45) is 0 Å². The van der Waals surface area contributed by atoms with Crippen molar-refractivity contribution in [3.8, 4) is 12.3 Å². The molecule has 0 radical (unpaired) electrons. The van der Waals surface area contributed by atoms with Gasteiger partial charge in [0.05, 0.1) is 12.9 Å². The second-order valence-electron chi connectivity index (χ2n) is 2.20. The molecular formula is C8H8N2O. The van der Waals surface area contributed by atoms with Gasteiger partial charge in [0.15, 0.2) is 0 Å². The third-order valence-corrected chi connectivity index (χ3v) is 1.28. The number of aromatic nitrogens is 2. The summed E-state index contributed by atoms with van der Waals surface area (Å²) in [5.74, 6) is 2.37. The van der Waals surface area contributed by atoms with Crippen LogP contribution in [0.15, 0.2) is 17.2 Å². The summed E-state index contributed by atoms with van der Waals surface area (Å²) in [5.41, 5.74) is 0.610.